The number of nitrogens with zero attached hydrogens (tertiary/aromatic N) is 3. The predicted octanol–water partition coefficient (Wildman–Crippen LogP) is -0.286. The van der Waals surface area contributed by atoms with E-state index in [0.717, 1.165) is 6.20 Å². The van der Waals surface area contributed by atoms with Crippen LogP contribution in [0.4, 0.5) is 5.69 Å². The average molecular weight is 256 g/mol. The first kappa shape index (κ1) is 13.6. The maximum atomic E-state index is 11.6. The minimum Gasteiger partial charge on any atom is -0.468 e. The number of carbonyl (C=O) groups is 2. The van der Waals surface area contributed by atoms with Crippen LogP contribution in [-0.4, -0.2) is 40.2 Å². The number of hydrogen-bond acceptors (Lipinski definition) is 6. The fourth-order valence-corrected chi connectivity index (χ4v) is 1.18. The van der Waals surface area contributed by atoms with Gasteiger partial charge in [0.05, 0.1) is 12.0 Å². The molecule has 0 bridgehead atoms. The lowest BCUT2D eigenvalue weighted by atomic mass is 10.3. The van der Waals surface area contributed by atoms with E-state index in [2.05, 4.69) is 15.2 Å². The zero-order chi connectivity index (χ0) is 13.7. The van der Waals surface area contributed by atoms with E-state index in [1.807, 2.05) is 0 Å². The summed E-state index contributed by atoms with van der Waals surface area (Å²) >= 11 is 0. The van der Waals surface area contributed by atoms with Gasteiger partial charge in [-0.2, -0.15) is 5.10 Å². The molecule has 0 aliphatic rings. The Kier molecular flexibility index (Phi) is 4.35. The number of aryl methyl sites for hydroxylation is 1. The summed E-state index contributed by atoms with van der Waals surface area (Å²) in [4.78, 5) is 32.5. The van der Waals surface area contributed by atoms with Crippen LogP contribution < -0.4 is 5.32 Å². The van der Waals surface area contributed by atoms with Gasteiger partial charge in [-0.25, -0.2) is 0 Å². The number of hydrogen-bond donors (Lipinski definition) is 1. The molecule has 0 atom stereocenters. The molecule has 0 saturated heterocycles. The third-order valence-electron chi connectivity index (χ3n) is 2.10. The number of carbonyl (C=O) groups excluding carboxylic acids is 2. The number of methoxy groups -OCH3 is 1. The molecule has 1 N–H and O–H groups in total. The monoisotopic (exact) mass is 256 g/mol. The molecule has 0 unspecified atom stereocenters. The zero-order valence-corrected chi connectivity index (χ0v) is 9.87. The van der Waals surface area contributed by atoms with Crippen LogP contribution in [0.5, 0.6) is 0 Å². The van der Waals surface area contributed by atoms with Gasteiger partial charge in [0.25, 0.3) is 5.91 Å². The fourth-order valence-electron chi connectivity index (χ4n) is 1.18. The lowest BCUT2D eigenvalue weighted by molar-refractivity contribution is -0.385. The van der Waals surface area contributed by atoms with Gasteiger partial charge in [-0.05, 0) is 6.92 Å². The van der Waals surface area contributed by atoms with Crippen LogP contribution in [0.1, 0.15) is 17.4 Å². The largest absolute Gasteiger partial charge is 0.468 e. The van der Waals surface area contributed by atoms with Gasteiger partial charge in [0, 0.05) is 6.54 Å². The molecule has 1 aromatic heterocycles. The highest BCUT2D eigenvalue weighted by atomic mass is 16.6. The van der Waals surface area contributed by atoms with Crippen LogP contribution in [-0.2, 0) is 16.1 Å². The number of nitrogens with one attached hydrogen (secondary N) is 1. The van der Waals surface area contributed by atoms with Gasteiger partial charge in [-0.15, -0.1) is 0 Å². The zero-order valence-electron chi connectivity index (χ0n) is 9.87. The number of nitro groups is 1. The summed E-state index contributed by atoms with van der Waals surface area (Å²) in [5, 5.41) is 16.7. The first-order valence-corrected chi connectivity index (χ1v) is 5.06. The summed E-state index contributed by atoms with van der Waals surface area (Å²) in [7, 11) is 1.17. The van der Waals surface area contributed by atoms with E-state index in [4.69, 9.17) is 0 Å². The predicted molar refractivity (Wildman–Crippen MR) is 58.9 cm³/mol. The number of esters is 1. The quantitative estimate of drug-likeness (QED) is 0.439. The lowest BCUT2D eigenvalue weighted by Crippen LogP contribution is -2.30. The molecule has 9 nitrogen and oxygen atoms in total. The summed E-state index contributed by atoms with van der Waals surface area (Å²) in [5.41, 5.74) is -0.732. The normalized spacial score (nSPS) is 9.89. The Morgan fingerprint density at radius 2 is 2.28 bits per heavy atom. The highest BCUT2D eigenvalue weighted by molar-refractivity contribution is 5.97. The van der Waals surface area contributed by atoms with Crippen molar-refractivity contribution in [1.29, 1.82) is 0 Å². The average Bonchev–Trinajstić information content (AvgIpc) is 2.79. The number of amides is 1. The SMILES string of the molecule is CCn1cc([N+](=O)[O-])c(C(=O)NCC(=O)OC)n1. The van der Waals surface area contributed by atoms with E-state index in [9.17, 15) is 19.7 Å². The van der Waals surface area contributed by atoms with Crippen LogP contribution >= 0.6 is 0 Å². The topological polar surface area (TPSA) is 116 Å². The van der Waals surface area contributed by atoms with Crippen molar-refractivity contribution < 1.29 is 19.2 Å². The summed E-state index contributed by atoms with van der Waals surface area (Å²) in [6.07, 6.45) is 1.16. The Bertz CT molecular complexity index is 481. The maximum Gasteiger partial charge on any atom is 0.325 e. The molecule has 0 radical (unpaired) electrons. The van der Waals surface area contributed by atoms with E-state index >= 15 is 0 Å². The standard InChI is InChI=1S/C9H12N4O5/c1-3-12-5-6(13(16)17)8(11-12)9(15)10-4-7(14)18-2/h5H,3-4H2,1-2H3,(H,10,15). The van der Waals surface area contributed by atoms with E-state index in [0.29, 0.717) is 6.54 Å². The maximum absolute atomic E-state index is 11.6. The Labute approximate surface area is 102 Å². The first-order chi connectivity index (χ1) is 8.49. The van der Waals surface area contributed by atoms with Crippen molar-refractivity contribution in [3.63, 3.8) is 0 Å². The van der Waals surface area contributed by atoms with E-state index in [-0.39, 0.29) is 12.2 Å². The van der Waals surface area contributed by atoms with Crippen LogP contribution in [0.3, 0.4) is 0 Å². The molecule has 1 heterocycles. The van der Waals surface area contributed by atoms with Crippen LogP contribution in [0.15, 0.2) is 6.20 Å². The second kappa shape index (κ2) is 5.75. The summed E-state index contributed by atoms with van der Waals surface area (Å²) in [5.74, 6) is -1.44. The van der Waals surface area contributed by atoms with E-state index in [1.165, 1.54) is 11.8 Å². The minimum atomic E-state index is -0.792. The second-order valence-corrected chi connectivity index (χ2v) is 3.23. The highest BCUT2D eigenvalue weighted by Crippen LogP contribution is 2.16. The van der Waals surface area contributed by atoms with Crippen molar-refractivity contribution in [2.24, 2.45) is 0 Å². The third kappa shape index (κ3) is 3.03. The van der Waals surface area contributed by atoms with Crippen LogP contribution in [0.25, 0.3) is 0 Å². The number of rotatable bonds is 5. The Hall–Kier alpha value is -2.45. The second-order valence-electron chi connectivity index (χ2n) is 3.23. The molecule has 1 amide bonds. The smallest absolute Gasteiger partial charge is 0.325 e. The van der Waals surface area contributed by atoms with Gasteiger partial charge in [-0.1, -0.05) is 0 Å². The summed E-state index contributed by atoms with van der Waals surface area (Å²) in [6.45, 7) is 1.75. The molecule has 1 rings (SSSR count). The fraction of sp³-hybridized carbons (Fsp3) is 0.444. The Morgan fingerprint density at radius 1 is 1.61 bits per heavy atom. The number of ether oxygens (including phenoxy) is 1. The molecule has 9 heteroatoms. The molecular weight excluding hydrogens is 244 g/mol. The van der Waals surface area contributed by atoms with E-state index < -0.39 is 22.5 Å². The van der Waals surface area contributed by atoms with Crippen molar-refractivity contribution in [2.75, 3.05) is 13.7 Å². The third-order valence-corrected chi connectivity index (χ3v) is 2.10. The van der Waals surface area contributed by atoms with Crippen molar-refractivity contribution in [3.05, 3.63) is 22.0 Å². The molecule has 0 spiro atoms. The Balaban J connectivity index is 2.87. The van der Waals surface area contributed by atoms with Crippen molar-refractivity contribution >= 4 is 17.6 Å². The summed E-state index contributed by atoms with van der Waals surface area (Å²) in [6, 6.07) is 0. The number of aromatic nitrogens is 2. The van der Waals surface area contributed by atoms with Gasteiger partial charge in [-0.3, -0.25) is 24.4 Å². The molecular formula is C9H12N4O5. The van der Waals surface area contributed by atoms with Crippen LogP contribution in [0, 0.1) is 10.1 Å². The molecule has 98 valence electrons. The molecule has 1 aromatic rings. The molecule has 0 fully saturated rings. The van der Waals surface area contributed by atoms with Gasteiger partial charge in [0.15, 0.2) is 0 Å². The minimum absolute atomic E-state index is 0.328. The van der Waals surface area contributed by atoms with Crippen molar-refractivity contribution in [2.45, 2.75) is 13.5 Å². The van der Waals surface area contributed by atoms with Gasteiger partial charge in [0.1, 0.15) is 12.7 Å². The molecule has 0 saturated carbocycles. The molecule has 0 aliphatic carbocycles. The molecule has 18 heavy (non-hydrogen) atoms. The van der Waals surface area contributed by atoms with Crippen molar-refractivity contribution in [3.8, 4) is 0 Å². The highest BCUT2D eigenvalue weighted by Gasteiger charge is 2.25. The lowest BCUT2D eigenvalue weighted by Gasteiger charge is -2.00. The van der Waals surface area contributed by atoms with Crippen LogP contribution in [0.2, 0.25) is 0 Å². The van der Waals surface area contributed by atoms with Gasteiger partial charge in [0.2, 0.25) is 5.69 Å². The van der Waals surface area contributed by atoms with Crippen molar-refractivity contribution in [1.82, 2.24) is 15.1 Å². The van der Waals surface area contributed by atoms with E-state index in [1.54, 1.807) is 6.92 Å². The van der Waals surface area contributed by atoms with Gasteiger partial charge >= 0.3 is 11.7 Å². The van der Waals surface area contributed by atoms with Gasteiger partial charge < -0.3 is 10.1 Å². The molecule has 0 aromatic carbocycles. The summed E-state index contributed by atoms with van der Waals surface area (Å²) < 4.78 is 5.60. The molecule has 0 aliphatic heterocycles. The Morgan fingerprint density at radius 3 is 2.78 bits per heavy atom. The first-order valence-electron chi connectivity index (χ1n) is 5.06.